The van der Waals surface area contributed by atoms with Gasteiger partial charge < -0.3 is 55.0 Å². The highest BCUT2D eigenvalue weighted by molar-refractivity contribution is 5.89. The van der Waals surface area contributed by atoms with Gasteiger partial charge in [-0.2, -0.15) is 0 Å². The van der Waals surface area contributed by atoms with E-state index in [0.29, 0.717) is 18.9 Å². The number of rotatable bonds is 5. The first-order valence-electron chi connectivity index (χ1n) is 21.3. The molecule has 4 saturated heterocycles. The van der Waals surface area contributed by atoms with E-state index in [1.165, 1.54) is 14.7 Å². The summed E-state index contributed by atoms with van der Waals surface area (Å²) in [6, 6.07) is -2.75. The predicted molar refractivity (Wildman–Crippen MR) is 229 cm³/mol. The van der Waals surface area contributed by atoms with Gasteiger partial charge in [-0.15, -0.1) is 0 Å². The minimum atomic E-state index is -1.11. The molecule has 19 heteroatoms. The summed E-state index contributed by atoms with van der Waals surface area (Å²) >= 11 is 0. The number of likely N-dealkylation sites (tertiary alicyclic amines) is 4. The monoisotopic (exact) mass is 901 g/mol. The smallest absolute Gasteiger partial charge is 0.326 e. The van der Waals surface area contributed by atoms with Crippen molar-refractivity contribution in [2.75, 3.05) is 26.2 Å². The van der Waals surface area contributed by atoms with Crippen LogP contribution in [0.4, 0.5) is 0 Å². The van der Waals surface area contributed by atoms with Gasteiger partial charge in [0.25, 0.3) is 6.47 Å². The number of aliphatic hydroxyl groups is 3. The van der Waals surface area contributed by atoms with Crippen molar-refractivity contribution in [1.29, 1.82) is 0 Å². The van der Waals surface area contributed by atoms with E-state index in [0.717, 1.165) is 6.42 Å². The molecule has 4 aliphatic heterocycles. The molecule has 4 amide bonds. The van der Waals surface area contributed by atoms with Crippen molar-refractivity contribution < 1.29 is 73.7 Å². The van der Waals surface area contributed by atoms with Crippen LogP contribution in [-0.4, -0.2) is 167 Å². The summed E-state index contributed by atoms with van der Waals surface area (Å²) in [7, 11) is 0. The molecule has 0 aromatic heterocycles. The Hall–Kier alpha value is -4.36. The normalized spacial score (nSPS) is 29.6. The van der Waals surface area contributed by atoms with E-state index in [9.17, 15) is 53.7 Å². The number of carbonyl (C=O) groups excluding carboxylic acids is 5. The number of ether oxygens (including phenoxy) is 1. The summed E-state index contributed by atoms with van der Waals surface area (Å²) in [4.78, 5) is 97.1. The molecule has 19 nitrogen and oxygen atoms in total. The van der Waals surface area contributed by atoms with Gasteiger partial charge in [-0.1, -0.05) is 104 Å². The number of nitrogens with zero attached hydrogens (tertiary/aromatic N) is 4. The van der Waals surface area contributed by atoms with E-state index in [1.807, 2.05) is 20.8 Å². The molecule has 4 fully saturated rings. The minimum Gasteiger partial charge on any atom is -0.480 e. The Morgan fingerprint density at radius 1 is 0.571 bits per heavy atom. The van der Waals surface area contributed by atoms with Crippen LogP contribution in [0.25, 0.3) is 0 Å². The summed E-state index contributed by atoms with van der Waals surface area (Å²) in [6.45, 7) is 29.6. The summed E-state index contributed by atoms with van der Waals surface area (Å²) < 4.78 is 4.93. The third-order valence-corrected chi connectivity index (χ3v) is 11.2. The maximum atomic E-state index is 12.0. The molecule has 4 rings (SSSR count). The lowest BCUT2D eigenvalue weighted by Crippen LogP contribution is -2.47. The SMILES string of the molecule is CC1(O)C[C@@H](C(=O)O)N(C(=O)C(C)(C)C)C1.C[C@@H]1[C@H](O)CN(C(=O)C(C)(C)C)[C@@H]1C(=O)O.C[C@H]1C[C@@H](OC=O)N(C(=O)C(C)(C)C)C1.C[C@H]1[C@H](O)CN(C(=O)C(C)(C)C)[C@@H]1C(=O)O. The number of amides is 4. The highest BCUT2D eigenvalue weighted by Gasteiger charge is 2.49. The fourth-order valence-electron chi connectivity index (χ4n) is 7.72. The fraction of sp³-hybridized carbons (Fsp3) is 0.818. The standard InChI is InChI=1S/3C11H19NO4.C11H19NO3/c1-10(2,3)9(15)12-6-11(4,16)5-7(12)8(13)14;2*1-6-7(13)5-12(8(6)9(14)15)10(16)11(2,3)4;1-8-5-9(15-7-13)12(6-8)10(14)11(2,3)4/h7,16H,5-6H2,1-4H3,(H,13,14);2*6-8,13H,5H2,1-4H3,(H,14,15);7-9H,5-6H2,1-4H3/t7-,11?;6-,7+,8-;6-,7-,8+;8-,9+/m0010/s1. The lowest BCUT2D eigenvalue weighted by molar-refractivity contribution is -0.155. The molecule has 0 aliphatic carbocycles. The van der Waals surface area contributed by atoms with Gasteiger partial charge >= 0.3 is 17.9 Å². The van der Waals surface area contributed by atoms with E-state index in [-0.39, 0.29) is 55.9 Å². The van der Waals surface area contributed by atoms with Crippen molar-refractivity contribution in [3.05, 3.63) is 0 Å². The second-order valence-corrected chi connectivity index (χ2v) is 21.8. The zero-order valence-corrected chi connectivity index (χ0v) is 40.2. The Bertz CT molecular complexity index is 1580. The largest absolute Gasteiger partial charge is 0.480 e. The molecule has 10 atom stereocenters. The van der Waals surface area contributed by atoms with Gasteiger partial charge in [0.2, 0.25) is 23.6 Å². The Labute approximate surface area is 372 Å². The molecule has 0 aromatic rings. The lowest BCUT2D eigenvalue weighted by Gasteiger charge is -2.29. The predicted octanol–water partition coefficient (Wildman–Crippen LogP) is 2.52. The highest BCUT2D eigenvalue weighted by atomic mass is 16.5. The molecule has 0 saturated carbocycles. The molecule has 0 aromatic carbocycles. The number of aliphatic hydroxyl groups excluding tert-OH is 2. The van der Waals surface area contributed by atoms with Gasteiger partial charge in [-0.25, -0.2) is 14.4 Å². The lowest BCUT2D eigenvalue weighted by atomic mass is 9.93. The van der Waals surface area contributed by atoms with Crippen molar-refractivity contribution in [2.24, 2.45) is 39.4 Å². The Kier molecular flexibility index (Phi) is 19.0. The first kappa shape index (κ1) is 56.7. The highest BCUT2D eigenvalue weighted by Crippen LogP contribution is 2.33. The first-order valence-corrected chi connectivity index (χ1v) is 21.3. The zero-order chi connectivity index (χ0) is 49.7. The molecule has 0 spiro atoms. The van der Waals surface area contributed by atoms with Gasteiger partial charge in [0.1, 0.15) is 18.1 Å². The topological polar surface area (TPSA) is 280 Å². The average molecular weight is 901 g/mol. The second kappa shape index (κ2) is 21.1. The molecule has 6 N–H and O–H groups in total. The Balaban J connectivity index is 0.000000420. The zero-order valence-electron chi connectivity index (χ0n) is 40.2. The molecular formula is C44H76N4O15. The first-order chi connectivity index (χ1) is 28.2. The van der Waals surface area contributed by atoms with Crippen molar-refractivity contribution in [3.8, 4) is 0 Å². The maximum Gasteiger partial charge on any atom is 0.326 e. The van der Waals surface area contributed by atoms with Crippen LogP contribution in [-0.2, 0) is 43.1 Å². The molecule has 63 heavy (non-hydrogen) atoms. The van der Waals surface area contributed by atoms with Gasteiger partial charge in [0.05, 0.1) is 24.4 Å². The number of carbonyl (C=O) groups is 8. The maximum absolute atomic E-state index is 12.0. The van der Waals surface area contributed by atoms with Crippen LogP contribution in [0, 0.1) is 39.4 Å². The van der Waals surface area contributed by atoms with Crippen molar-refractivity contribution in [1.82, 2.24) is 19.6 Å². The van der Waals surface area contributed by atoms with E-state index in [1.54, 1.807) is 88.0 Å². The van der Waals surface area contributed by atoms with Gasteiger partial charge in [0, 0.05) is 66.0 Å². The third-order valence-electron chi connectivity index (χ3n) is 11.2. The Morgan fingerprint density at radius 2 is 0.905 bits per heavy atom. The summed E-state index contributed by atoms with van der Waals surface area (Å²) in [5, 5.41) is 56.3. The number of hydrogen-bond acceptors (Lipinski definition) is 12. The Morgan fingerprint density at radius 3 is 1.21 bits per heavy atom. The fourth-order valence-corrected chi connectivity index (χ4v) is 7.72. The van der Waals surface area contributed by atoms with Crippen LogP contribution < -0.4 is 0 Å². The molecular weight excluding hydrogens is 824 g/mol. The van der Waals surface area contributed by atoms with Crippen LogP contribution in [0.5, 0.6) is 0 Å². The average Bonchev–Trinajstić information content (AvgIpc) is 3.83. The van der Waals surface area contributed by atoms with Crippen LogP contribution in [0.15, 0.2) is 0 Å². The summed E-state index contributed by atoms with van der Waals surface area (Å²) in [5.74, 6) is -4.30. The van der Waals surface area contributed by atoms with E-state index in [2.05, 4.69) is 6.92 Å². The number of β-amino-alcohol motifs (C(OH)–C–C–N with tert-alkyl or cyclic N) is 3. The van der Waals surface area contributed by atoms with Gasteiger partial charge in [-0.3, -0.25) is 24.0 Å². The summed E-state index contributed by atoms with van der Waals surface area (Å²) in [6.07, 6.45) is -1.06. The number of carboxylic acid groups (broad SMARTS) is 3. The molecule has 1 unspecified atom stereocenters. The second-order valence-electron chi connectivity index (χ2n) is 21.8. The van der Waals surface area contributed by atoms with Crippen molar-refractivity contribution in [3.63, 3.8) is 0 Å². The quantitative estimate of drug-likeness (QED) is 0.216. The van der Waals surface area contributed by atoms with E-state index >= 15 is 0 Å². The van der Waals surface area contributed by atoms with Crippen LogP contribution in [0.2, 0.25) is 0 Å². The molecule has 362 valence electrons. The number of aliphatic carboxylic acids is 3. The molecule has 4 heterocycles. The van der Waals surface area contributed by atoms with Crippen LogP contribution >= 0.6 is 0 Å². The van der Waals surface area contributed by atoms with Gasteiger partial charge in [-0.05, 0) is 12.8 Å². The van der Waals surface area contributed by atoms with Crippen molar-refractivity contribution in [2.45, 2.75) is 166 Å². The van der Waals surface area contributed by atoms with Crippen molar-refractivity contribution >= 4 is 48.0 Å². The minimum absolute atomic E-state index is 0.0405. The third kappa shape index (κ3) is 15.1. The van der Waals surface area contributed by atoms with Crippen LogP contribution in [0.3, 0.4) is 0 Å². The van der Waals surface area contributed by atoms with Gasteiger partial charge in [0.15, 0.2) is 6.23 Å². The summed E-state index contributed by atoms with van der Waals surface area (Å²) in [5.41, 5.74) is -3.42. The molecule has 0 bridgehead atoms. The number of hydrogen-bond donors (Lipinski definition) is 6. The molecule has 0 radical (unpaired) electrons. The number of carboxylic acids is 3. The van der Waals surface area contributed by atoms with Crippen LogP contribution in [0.1, 0.15) is 124 Å². The van der Waals surface area contributed by atoms with E-state index in [4.69, 9.17) is 20.1 Å². The van der Waals surface area contributed by atoms with E-state index < -0.39 is 87.3 Å². The molecule has 4 aliphatic rings.